The highest BCUT2D eigenvalue weighted by atomic mass is 16.7. The first-order valence-electron chi connectivity index (χ1n) is 16.9. The molecule has 0 aromatic heterocycles. The largest absolute Gasteiger partial charge is 0.454 e. The summed E-state index contributed by atoms with van der Waals surface area (Å²) < 4.78 is 17.2. The second-order valence-electron chi connectivity index (χ2n) is 12.8. The summed E-state index contributed by atoms with van der Waals surface area (Å²) in [5, 5.41) is 3.41. The van der Waals surface area contributed by atoms with Crippen LogP contribution >= 0.6 is 0 Å². The van der Waals surface area contributed by atoms with Crippen LogP contribution in [-0.4, -0.2) is 74.7 Å². The van der Waals surface area contributed by atoms with Gasteiger partial charge in [-0.25, -0.2) is 0 Å². The Hall–Kier alpha value is -4.44. The molecule has 0 saturated carbocycles. The zero-order chi connectivity index (χ0) is 33.5. The van der Waals surface area contributed by atoms with Gasteiger partial charge in [0.1, 0.15) is 0 Å². The SMILES string of the molecule is CC(=O)C1=C(C)NC(COCCN)=C(N(C=O)CCCN2CCC(c3ccccc3)(c3ccccc3)CC2)C1c1ccc2c(c1)OCO2. The highest BCUT2D eigenvalue weighted by Gasteiger charge is 2.39. The maximum absolute atomic E-state index is 13.2. The van der Waals surface area contributed by atoms with Crippen molar-refractivity contribution >= 4 is 12.2 Å². The van der Waals surface area contributed by atoms with E-state index in [1.54, 1.807) is 11.8 Å². The van der Waals surface area contributed by atoms with Gasteiger partial charge >= 0.3 is 0 Å². The van der Waals surface area contributed by atoms with E-state index < -0.39 is 5.92 Å². The topological polar surface area (TPSA) is 106 Å². The molecule has 0 spiro atoms. The van der Waals surface area contributed by atoms with Gasteiger partial charge in [-0.3, -0.25) is 9.59 Å². The molecule has 3 aromatic rings. The summed E-state index contributed by atoms with van der Waals surface area (Å²) in [6.07, 6.45) is 3.70. The smallest absolute Gasteiger partial charge is 0.231 e. The zero-order valence-electron chi connectivity index (χ0n) is 28.0. The first kappa shape index (κ1) is 33.5. The Labute approximate surface area is 283 Å². The van der Waals surface area contributed by atoms with Gasteiger partial charge in [0.25, 0.3) is 0 Å². The molecule has 1 saturated heterocycles. The molecule has 48 heavy (non-hydrogen) atoms. The zero-order valence-corrected chi connectivity index (χ0v) is 28.0. The fraction of sp³-hybridized carbons (Fsp3) is 0.385. The van der Waals surface area contributed by atoms with Crippen LogP contribution in [0.2, 0.25) is 0 Å². The quantitative estimate of drug-likeness (QED) is 0.184. The average Bonchev–Trinajstić information content (AvgIpc) is 3.59. The molecule has 3 aliphatic heterocycles. The van der Waals surface area contributed by atoms with Crippen LogP contribution in [0.25, 0.3) is 0 Å². The van der Waals surface area contributed by atoms with E-state index in [0.717, 1.165) is 62.3 Å². The monoisotopic (exact) mass is 650 g/mol. The number of hydrogen-bond donors (Lipinski definition) is 2. The number of nitrogens with one attached hydrogen (secondary N) is 1. The third kappa shape index (κ3) is 6.90. The molecule has 1 unspecified atom stereocenters. The highest BCUT2D eigenvalue weighted by molar-refractivity contribution is 5.97. The molecular formula is C39H46N4O5. The maximum Gasteiger partial charge on any atom is 0.231 e. The minimum Gasteiger partial charge on any atom is -0.454 e. The van der Waals surface area contributed by atoms with Crippen molar-refractivity contribution in [1.29, 1.82) is 0 Å². The number of hydrogen-bond acceptors (Lipinski definition) is 8. The molecule has 3 N–H and O–H groups in total. The lowest BCUT2D eigenvalue weighted by Crippen LogP contribution is -2.44. The summed E-state index contributed by atoms with van der Waals surface area (Å²) in [6.45, 7) is 7.86. The van der Waals surface area contributed by atoms with Gasteiger partial charge in [0.15, 0.2) is 17.3 Å². The lowest BCUT2D eigenvalue weighted by molar-refractivity contribution is -0.117. The number of carbonyl (C=O) groups is 2. The van der Waals surface area contributed by atoms with E-state index in [4.69, 9.17) is 19.9 Å². The van der Waals surface area contributed by atoms with Crippen molar-refractivity contribution in [2.24, 2.45) is 5.73 Å². The highest BCUT2D eigenvalue weighted by Crippen LogP contribution is 2.44. The number of nitrogens with two attached hydrogens (primary N) is 1. The molecule has 3 aromatic carbocycles. The predicted octanol–water partition coefficient (Wildman–Crippen LogP) is 5.08. The Morgan fingerprint density at radius 3 is 2.31 bits per heavy atom. The summed E-state index contributed by atoms with van der Waals surface area (Å²) >= 11 is 0. The van der Waals surface area contributed by atoms with Crippen molar-refractivity contribution < 1.29 is 23.8 Å². The van der Waals surface area contributed by atoms with Crippen LogP contribution in [-0.2, 0) is 19.7 Å². The van der Waals surface area contributed by atoms with E-state index in [0.29, 0.717) is 42.5 Å². The molecule has 0 aliphatic carbocycles. The van der Waals surface area contributed by atoms with Crippen molar-refractivity contribution in [1.82, 2.24) is 15.1 Å². The number of ether oxygens (including phenoxy) is 3. The van der Waals surface area contributed by atoms with Gasteiger partial charge in [0.05, 0.1) is 30.5 Å². The Kier molecular flexibility index (Phi) is 10.6. The van der Waals surface area contributed by atoms with Crippen LogP contribution in [0.4, 0.5) is 0 Å². The lowest BCUT2D eigenvalue weighted by Gasteiger charge is -2.43. The number of benzene rings is 3. The van der Waals surface area contributed by atoms with Gasteiger partial charge in [-0.05, 0) is 81.6 Å². The summed E-state index contributed by atoms with van der Waals surface area (Å²) in [5.74, 6) is 0.720. The molecular weight excluding hydrogens is 604 g/mol. The van der Waals surface area contributed by atoms with E-state index >= 15 is 0 Å². The molecule has 9 nitrogen and oxygen atoms in total. The van der Waals surface area contributed by atoms with Crippen molar-refractivity contribution in [3.05, 3.63) is 118 Å². The second kappa shape index (κ2) is 15.2. The van der Waals surface area contributed by atoms with E-state index in [9.17, 15) is 9.59 Å². The van der Waals surface area contributed by atoms with E-state index in [2.05, 4.69) is 70.9 Å². The summed E-state index contributed by atoms with van der Waals surface area (Å²) in [6, 6.07) is 27.4. The lowest BCUT2D eigenvalue weighted by atomic mass is 9.68. The number of nitrogens with zero attached hydrogens (tertiary/aromatic N) is 2. The van der Waals surface area contributed by atoms with Gasteiger partial charge in [-0.2, -0.15) is 0 Å². The third-order valence-corrected chi connectivity index (χ3v) is 9.90. The Bertz CT molecular complexity index is 1610. The Morgan fingerprint density at radius 2 is 1.69 bits per heavy atom. The van der Waals surface area contributed by atoms with Crippen LogP contribution in [0, 0.1) is 0 Å². The number of allylic oxidation sites excluding steroid dienone is 2. The van der Waals surface area contributed by atoms with Gasteiger partial charge in [0, 0.05) is 29.8 Å². The minimum absolute atomic E-state index is 0.0179. The molecule has 1 fully saturated rings. The number of Topliss-reactive ketones (excluding diaryl/α,β-unsaturated/α-hetero) is 1. The number of piperidine rings is 1. The number of rotatable bonds is 14. The number of likely N-dealkylation sites (tertiary alicyclic amines) is 1. The maximum atomic E-state index is 13.2. The number of ketones is 1. The van der Waals surface area contributed by atoms with Gasteiger partial charge < -0.3 is 35.1 Å². The van der Waals surface area contributed by atoms with Crippen LogP contribution in [0.1, 0.15) is 55.7 Å². The number of fused-ring (bicyclic) bond motifs is 1. The van der Waals surface area contributed by atoms with Crippen molar-refractivity contribution in [2.75, 3.05) is 52.7 Å². The van der Waals surface area contributed by atoms with Gasteiger partial charge in [-0.1, -0.05) is 66.7 Å². The van der Waals surface area contributed by atoms with Crippen LogP contribution in [0.15, 0.2) is 102 Å². The third-order valence-electron chi connectivity index (χ3n) is 9.90. The van der Waals surface area contributed by atoms with E-state index in [1.165, 1.54) is 11.1 Å². The summed E-state index contributed by atoms with van der Waals surface area (Å²) in [7, 11) is 0. The van der Waals surface area contributed by atoms with E-state index in [1.807, 2.05) is 25.1 Å². The summed E-state index contributed by atoms with van der Waals surface area (Å²) in [5.41, 5.74) is 12.1. The van der Waals surface area contributed by atoms with Gasteiger partial charge in [-0.15, -0.1) is 0 Å². The predicted molar refractivity (Wildman–Crippen MR) is 185 cm³/mol. The fourth-order valence-electron chi connectivity index (χ4n) is 7.59. The first-order valence-corrected chi connectivity index (χ1v) is 16.9. The normalized spacial score (nSPS) is 18.9. The number of amides is 1. The molecule has 1 amide bonds. The molecule has 0 radical (unpaired) electrons. The molecule has 252 valence electrons. The van der Waals surface area contributed by atoms with Gasteiger partial charge in [0.2, 0.25) is 13.2 Å². The summed E-state index contributed by atoms with van der Waals surface area (Å²) in [4.78, 5) is 30.4. The van der Waals surface area contributed by atoms with E-state index in [-0.39, 0.29) is 24.6 Å². The molecule has 3 aliphatic rings. The Morgan fingerprint density at radius 1 is 1.02 bits per heavy atom. The molecule has 6 rings (SSSR count). The van der Waals surface area contributed by atoms with Crippen molar-refractivity contribution in [3.63, 3.8) is 0 Å². The first-order chi connectivity index (χ1) is 23.4. The fourth-order valence-corrected chi connectivity index (χ4v) is 7.59. The van der Waals surface area contributed by atoms with Crippen LogP contribution < -0.4 is 20.5 Å². The minimum atomic E-state index is -0.493. The standard InChI is InChI=1S/C39H46N4O5/c1-28-36(29(2)45)37(30-14-15-34-35(24-30)48-27-47-34)38(33(41-28)25-46-23-18-40)43(26-44)20-9-19-42-21-16-39(17-22-42,31-10-5-3-6-11-31)32-12-7-4-8-13-32/h3-8,10-15,24,26,37,41H,9,16-23,25,27,40H2,1-2H3. The number of carbonyl (C=O) groups excluding carboxylic acids is 2. The van der Waals surface area contributed by atoms with Crippen molar-refractivity contribution in [2.45, 2.75) is 44.4 Å². The van der Waals surface area contributed by atoms with Crippen LogP contribution in [0.3, 0.4) is 0 Å². The average molecular weight is 651 g/mol. The number of dihydropyridines is 1. The molecule has 9 heteroatoms. The Balaban J connectivity index is 1.22. The van der Waals surface area contributed by atoms with Crippen molar-refractivity contribution in [3.8, 4) is 11.5 Å². The van der Waals surface area contributed by atoms with Crippen LogP contribution in [0.5, 0.6) is 11.5 Å². The second-order valence-corrected chi connectivity index (χ2v) is 12.8. The molecule has 0 bridgehead atoms. The molecule has 3 heterocycles. The molecule has 1 atom stereocenters.